The van der Waals surface area contributed by atoms with Crippen LogP contribution in [-0.4, -0.2) is 16.5 Å². The van der Waals surface area contributed by atoms with E-state index >= 15 is 0 Å². The minimum Gasteiger partial charge on any atom is -0.438 e. The van der Waals surface area contributed by atoms with Gasteiger partial charge in [0.2, 0.25) is 5.88 Å². The van der Waals surface area contributed by atoms with Crippen LogP contribution in [0, 0.1) is 0 Å². The molecule has 0 aliphatic carbocycles. The summed E-state index contributed by atoms with van der Waals surface area (Å²) in [6.45, 7) is 3.72. The van der Waals surface area contributed by atoms with E-state index < -0.39 is 0 Å². The summed E-state index contributed by atoms with van der Waals surface area (Å²) in [5, 5.41) is 4.28. The van der Waals surface area contributed by atoms with Gasteiger partial charge in [-0.3, -0.25) is 4.98 Å². The van der Waals surface area contributed by atoms with Gasteiger partial charge in [-0.25, -0.2) is 4.98 Å². The first-order chi connectivity index (χ1) is 10.4. The molecule has 0 aliphatic rings. The highest BCUT2D eigenvalue weighted by molar-refractivity contribution is 5.85. The normalized spacial score (nSPS) is 10.7. The summed E-state index contributed by atoms with van der Waals surface area (Å²) in [6, 6.07) is 13.7. The number of pyridine rings is 2. The van der Waals surface area contributed by atoms with Gasteiger partial charge in [-0.2, -0.15) is 0 Å². The molecule has 0 atom stereocenters. The van der Waals surface area contributed by atoms with E-state index in [1.54, 1.807) is 12.4 Å². The fourth-order valence-corrected chi connectivity index (χ4v) is 2.18. The van der Waals surface area contributed by atoms with Crippen LogP contribution in [0.2, 0.25) is 0 Å². The highest BCUT2D eigenvalue weighted by Crippen LogP contribution is 2.29. The van der Waals surface area contributed by atoms with Crippen molar-refractivity contribution in [3.05, 3.63) is 60.4 Å². The maximum atomic E-state index is 6.03. The number of benzene rings is 1. The molecule has 0 spiro atoms. The van der Waals surface area contributed by atoms with Gasteiger partial charge in [0.15, 0.2) is 0 Å². The Morgan fingerprint density at radius 3 is 2.76 bits per heavy atom. The Bertz CT molecular complexity index is 737. The minimum absolute atomic E-state index is 0.634. The number of hydrogen-bond donors (Lipinski definition) is 1. The molecule has 1 aromatic carbocycles. The van der Waals surface area contributed by atoms with Crippen molar-refractivity contribution in [3.63, 3.8) is 0 Å². The number of nitrogens with zero attached hydrogens (tertiary/aromatic N) is 2. The smallest absolute Gasteiger partial charge is 0.223 e. The topological polar surface area (TPSA) is 47.0 Å². The van der Waals surface area contributed by atoms with E-state index in [9.17, 15) is 0 Å². The number of hydrogen-bond acceptors (Lipinski definition) is 4. The average Bonchev–Trinajstić information content (AvgIpc) is 2.54. The highest BCUT2D eigenvalue weighted by Gasteiger charge is 2.08. The van der Waals surface area contributed by atoms with Gasteiger partial charge < -0.3 is 10.1 Å². The standard InChI is InChI=1S/C17H17N3O/c1-2-18-12-13-6-4-11-20-17(13)21-16-9-3-8-15-14(16)7-5-10-19-15/h3-11,18H,2,12H2,1H3. The van der Waals surface area contributed by atoms with Gasteiger partial charge in [-0.1, -0.05) is 19.1 Å². The lowest BCUT2D eigenvalue weighted by Gasteiger charge is -2.11. The Balaban J connectivity index is 1.95. The van der Waals surface area contributed by atoms with Gasteiger partial charge in [0.25, 0.3) is 0 Å². The van der Waals surface area contributed by atoms with Crippen LogP contribution in [0.25, 0.3) is 10.9 Å². The summed E-state index contributed by atoms with van der Waals surface area (Å²) in [7, 11) is 0. The Labute approximate surface area is 123 Å². The molecule has 106 valence electrons. The van der Waals surface area contributed by atoms with Gasteiger partial charge in [0.1, 0.15) is 5.75 Å². The van der Waals surface area contributed by atoms with Crippen LogP contribution in [0.4, 0.5) is 0 Å². The van der Waals surface area contributed by atoms with Crippen molar-refractivity contribution in [2.45, 2.75) is 13.5 Å². The van der Waals surface area contributed by atoms with Crippen LogP contribution in [0.1, 0.15) is 12.5 Å². The first kappa shape index (κ1) is 13.5. The lowest BCUT2D eigenvalue weighted by Crippen LogP contribution is -2.12. The number of aromatic nitrogens is 2. The van der Waals surface area contributed by atoms with Gasteiger partial charge in [0, 0.05) is 29.9 Å². The molecular formula is C17H17N3O. The van der Waals surface area contributed by atoms with E-state index in [4.69, 9.17) is 4.74 Å². The van der Waals surface area contributed by atoms with E-state index in [2.05, 4.69) is 22.2 Å². The van der Waals surface area contributed by atoms with Crippen molar-refractivity contribution in [1.29, 1.82) is 0 Å². The molecule has 3 aromatic rings. The summed E-state index contributed by atoms with van der Waals surface area (Å²) in [4.78, 5) is 8.69. The van der Waals surface area contributed by atoms with Gasteiger partial charge in [-0.15, -0.1) is 0 Å². The molecule has 0 unspecified atom stereocenters. The van der Waals surface area contributed by atoms with Gasteiger partial charge in [0.05, 0.1) is 5.52 Å². The van der Waals surface area contributed by atoms with E-state index in [0.717, 1.165) is 35.3 Å². The molecule has 0 amide bonds. The second-order valence-corrected chi connectivity index (χ2v) is 4.68. The first-order valence-electron chi connectivity index (χ1n) is 7.04. The molecule has 2 heterocycles. The summed E-state index contributed by atoms with van der Waals surface area (Å²) in [5.41, 5.74) is 1.96. The molecule has 0 saturated heterocycles. The molecule has 0 bridgehead atoms. The van der Waals surface area contributed by atoms with Crippen LogP contribution in [-0.2, 0) is 6.54 Å². The SMILES string of the molecule is CCNCc1cccnc1Oc1cccc2ncccc12. The van der Waals surface area contributed by atoms with Crippen LogP contribution < -0.4 is 10.1 Å². The van der Waals surface area contributed by atoms with Crippen molar-refractivity contribution in [2.24, 2.45) is 0 Å². The zero-order valence-electron chi connectivity index (χ0n) is 11.9. The molecule has 21 heavy (non-hydrogen) atoms. The third-order valence-electron chi connectivity index (χ3n) is 3.23. The summed E-state index contributed by atoms with van der Waals surface area (Å²) < 4.78 is 6.03. The Morgan fingerprint density at radius 1 is 1.00 bits per heavy atom. The molecule has 0 fully saturated rings. The van der Waals surface area contributed by atoms with Gasteiger partial charge >= 0.3 is 0 Å². The molecular weight excluding hydrogens is 262 g/mol. The van der Waals surface area contributed by atoms with Gasteiger partial charge in [-0.05, 0) is 36.9 Å². The molecule has 4 nitrogen and oxygen atoms in total. The first-order valence-corrected chi connectivity index (χ1v) is 7.04. The lowest BCUT2D eigenvalue weighted by atomic mass is 10.2. The minimum atomic E-state index is 0.634. The van der Waals surface area contributed by atoms with E-state index in [1.807, 2.05) is 42.5 Å². The van der Waals surface area contributed by atoms with E-state index in [1.165, 1.54) is 0 Å². The predicted octanol–water partition coefficient (Wildman–Crippen LogP) is 3.53. The summed E-state index contributed by atoms with van der Waals surface area (Å²) >= 11 is 0. The van der Waals surface area contributed by atoms with E-state index in [0.29, 0.717) is 5.88 Å². The fraction of sp³-hybridized carbons (Fsp3) is 0.176. The monoisotopic (exact) mass is 279 g/mol. The highest BCUT2D eigenvalue weighted by atomic mass is 16.5. The van der Waals surface area contributed by atoms with E-state index in [-0.39, 0.29) is 0 Å². The van der Waals surface area contributed by atoms with Crippen LogP contribution >= 0.6 is 0 Å². The molecule has 2 aromatic heterocycles. The lowest BCUT2D eigenvalue weighted by molar-refractivity contribution is 0.458. The molecule has 3 rings (SSSR count). The maximum absolute atomic E-state index is 6.03. The summed E-state index contributed by atoms with van der Waals surface area (Å²) in [6.07, 6.45) is 3.53. The summed E-state index contributed by atoms with van der Waals surface area (Å²) in [5.74, 6) is 1.41. The van der Waals surface area contributed by atoms with Crippen molar-refractivity contribution in [2.75, 3.05) is 6.54 Å². The van der Waals surface area contributed by atoms with Crippen molar-refractivity contribution < 1.29 is 4.74 Å². The average molecular weight is 279 g/mol. The molecule has 0 saturated carbocycles. The maximum Gasteiger partial charge on any atom is 0.223 e. The van der Waals surface area contributed by atoms with Crippen molar-refractivity contribution in [1.82, 2.24) is 15.3 Å². The predicted molar refractivity (Wildman–Crippen MR) is 83.4 cm³/mol. The third-order valence-corrected chi connectivity index (χ3v) is 3.23. The molecule has 0 aliphatic heterocycles. The van der Waals surface area contributed by atoms with Crippen LogP contribution in [0.15, 0.2) is 54.9 Å². The Morgan fingerprint density at radius 2 is 1.86 bits per heavy atom. The number of rotatable bonds is 5. The largest absolute Gasteiger partial charge is 0.438 e. The molecule has 4 heteroatoms. The van der Waals surface area contributed by atoms with Crippen LogP contribution in [0.3, 0.4) is 0 Å². The fourth-order valence-electron chi connectivity index (χ4n) is 2.18. The Kier molecular flexibility index (Phi) is 4.07. The third kappa shape index (κ3) is 3.01. The second-order valence-electron chi connectivity index (χ2n) is 4.68. The van der Waals surface area contributed by atoms with Crippen molar-refractivity contribution in [3.8, 4) is 11.6 Å². The Hall–Kier alpha value is -2.46. The number of fused-ring (bicyclic) bond motifs is 1. The number of nitrogens with one attached hydrogen (secondary N) is 1. The number of ether oxygens (including phenoxy) is 1. The van der Waals surface area contributed by atoms with Crippen molar-refractivity contribution >= 4 is 10.9 Å². The quantitative estimate of drug-likeness (QED) is 0.776. The molecule has 1 N–H and O–H groups in total. The molecule has 0 radical (unpaired) electrons. The second kappa shape index (κ2) is 6.33. The zero-order chi connectivity index (χ0) is 14.5. The van der Waals surface area contributed by atoms with Crippen LogP contribution in [0.5, 0.6) is 11.6 Å². The zero-order valence-corrected chi connectivity index (χ0v) is 11.9.